The third-order valence-corrected chi connectivity index (χ3v) is 3.04. The van der Waals surface area contributed by atoms with Crippen LogP contribution in [0.1, 0.15) is 19.4 Å². The molecule has 6 nitrogen and oxygen atoms in total. The summed E-state index contributed by atoms with van der Waals surface area (Å²) in [4.78, 5) is 22.6. The first-order valence-corrected chi connectivity index (χ1v) is 7.12. The zero-order valence-corrected chi connectivity index (χ0v) is 13.3. The molecule has 0 spiro atoms. The molecule has 0 aliphatic carbocycles. The highest BCUT2D eigenvalue weighted by molar-refractivity contribution is 5.94. The average Bonchev–Trinajstić information content (AvgIpc) is 2.49. The van der Waals surface area contributed by atoms with Gasteiger partial charge in [-0.25, -0.2) is 0 Å². The molecule has 0 aromatic heterocycles. The number of hydrogen-bond donors (Lipinski definition) is 2. The van der Waals surface area contributed by atoms with Gasteiger partial charge in [0.05, 0.1) is 11.4 Å². The number of nitrogens with zero attached hydrogens (tertiary/aromatic N) is 2. The first-order chi connectivity index (χ1) is 11.0. The smallest absolute Gasteiger partial charge is 0.221 e. The summed E-state index contributed by atoms with van der Waals surface area (Å²) in [5.74, 6) is -0.396. The van der Waals surface area contributed by atoms with E-state index in [4.69, 9.17) is 0 Å². The van der Waals surface area contributed by atoms with Crippen molar-refractivity contribution in [3.63, 3.8) is 0 Å². The topological polar surface area (TPSA) is 82.9 Å². The second-order valence-electron chi connectivity index (χ2n) is 5.07. The van der Waals surface area contributed by atoms with E-state index in [1.807, 2.05) is 37.3 Å². The van der Waals surface area contributed by atoms with Crippen molar-refractivity contribution in [2.45, 2.75) is 20.8 Å². The van der Waals surface area contributed by atoms with Gasteiger partial charge in [0.1, 0.15) is 0 Å². The normalized spacial score (nSPS) is 10.6. The molecule has 0 atom stereocenters. The minimum Gasteiger partial charge on any atom is -0.326 e. The maximum Gasteiger partial charge on any atom is 0.221 e. The SMILES string of the molecule is CC(=O)Nc1cc(N=Nc2ccccc2)c(C)c(NC(C)=O)c1. The molecule has 23 heavy (non-hydrogen) atoms. The van der Waals surface area contributed by atoms with Crippen LogP contribution >= 0.6 is 0 Å². The van der Waals surface area contributed by atoms with E-state index >= 15 is 0 Å². The maximum atomic E-state index is 11.3. The summed E-state index contributed by atoms with van der Waals surface area (Å²) < 4.78 is 0. The quantitative estimate of drug-likeness (QED) is 0.824. The van der Waals surface area contributed by atoms with Crippen molar-refractivity contribution < 1.29 is 9.59 Å². The zero-order valence-electron chi connectivity index (χ0n) is 13.3. The average molecular weight is 310 g/mol. The highest BCUT2D eigenvalue weighted by Crippen LogP contribution is 2.32. The lowest BCUT2D eigenvalue weighted by Crippen LogP contribution is -2.10. The standard InChI is InChI=1S/C17H18N4O2/c1-11-16(19-13(3)23)9-15(18-12(2)22)10-17(11)21-20-14-7-5-4-6-8-14/h4-10H,1-3H3,(H,18,22)(H,19,23). The Morgan fingerprint density at radius 2 is 1.57 bits per heavy atom. The fraction of sp³-hybridized carbons (Fsp3) is 0.176. The number of amides is 2. The van der Waals surface area contributed by atoms with Crippen molar-refractivity contribution in [3.8, 4) is 0 Å². The molecule has 2 N–H and O–H groups in total. The number of rotatable bonds is 4. The minimum atomic E-state index is -0.200. The van der Waals surface area contributed by atoms with E-state index in [0.717, 1.165) is 11.3 Å². The summed E-state index contributed by atoms with van der Waals surface area (Å²) in [6, 6.07) is 12.7. The van der Waals surface area contributed by atoms with Gasteiger partial charge in [-0.2, -0.15) is 10.2 Å². The van der Waals surface area contributed by atoms with E-state index < -0.39 is 0 Å². The number of hydrogen-bond acceptors (Lipinski definition) is 4. The Morgan fingerprint density at radius 3 is 2.17 bits per heavy atom. The van der Waals surface area contributed by atoms with Gasteiger partial charge in [0.25, 0.3) is 0 Å². The van der Waals surface area contributed by atoms with Crippen LogP contribution in [0.3, 0.4) is 0 Å². The predicted molar refractivity (Wildman–Crippen MR) is 90.4 cm³/mol. The van der Waals surface area contributed by atoms with Gasteiger partial charge in [0, 0.05) is 30.8 Å². The third-order valence-electron chi connectivity index (χ3n) is 3.04. The highest BCUT2D eigenvalue weighted by Gasteiger charge is 2.09. The van der Waals surface area contributed by atoms with Crippen LogP contribution in [0.4, 0.5) is 22.7 Å². The van der Waals surface area contributed by atoms with Crippen LogP contribution in [0, 0.1) is 6.92 Å². The number of nitrogens with one attached hydrogen (secondary N) is 2. The van der Waals surface area contributed by atoms with E-state index in [1.54, 1.807) is 12.1 Å². The van der Waals surface area contributed by atoms with E-state index in [1.165, 1.54) is 13.8 Å². The van der Waals surface area contributed by atoms with Crippen molar-refractivity contribution in [3.05, 3.63) is 48.0 Å². The van der Waals surface area contributed by atoms with Crippen molar-refractivity contribution >= 4 is 34.6 Å². The highest BCUT2D eigenvalue weighted by atomic mass is 16.2. The summed E-state index contributed by atoms with van der Waals surface area (Å²) in [5, 5.41) is 13.8. The zero-order chi connectivity index (χ0) is 16.8. The van der Waals surface area contributed by atoms with E-state index in [0.29, 0.717) is 17.1 Å². The summed E-state index contributed by atoms with van der Waals surface area (Å²) in [6.45, 7) is 4.68. The Balaban J connectivity index is 2.41. The van der Waals surface area contributed by atoms with E-state index in [-0.39, 0.29) is 11.8 Å². The summed E-state index contributed by atoms with van der Waals surface area (Å²) in [5.41, 5.74) is 3.20. The second-order valence-corrected chi connectivity index (χ2v) is 5.07. The summed E-state index contributed by atoms with van der Waals surface area (Å²) >= 11 is 0. The molecule has 0 bridgehead atoms. The Labute approximate surface area is 134 Å². The molecule has 0 saturated heterocycles. The van der Waals surface area contributed by atoms with Gasteiger partial charge in [0.15, 0.2) is 0 Å². The second kappa shape index (κ2) is 7.31. The van der Waals surface area contributed by atoms with Crippen LogP contribution in [0.5, 0.6) is 0 Å². The molecule has 2 aromatic carbocycles. The Kier molecular flexibility index (Phi) is 5.19. The fourth-order valence-corrected chi connectivity index (χ4v) is 2.00. The van der Waals surface area contributed by atoms with Gasteiger partial charge < -0.3 is 10.6 Å². The Hall–Kier alpha value is -3.02. The van der Waals surface area contributed by atoms with E-state index in [2.05, 4.69) is 20.9 Å². The van der Waals surface area contributed by atoms with Gasteiger partial charge in [-0.1, -0.05) is 18.2 Å². The van der Waals surface area contributed by atoms with Gasteiger partial charge in [-0.3, -0.25) is 9.59 Å². The molecule has 0 heterocycles. The van der Waals surface area contributed by atoms with Crippen LogP contribution in [0.25, 0.3) is 0 Å². The van der Waals surface area contributed by atoms with Gasteiger partial charge >= 0.3 is 0 Å². The number of carbonyl (C=O) groups is 2. The van der Waals surface area contributed by atoms with Crippen molar-refractivity contribution in [1.82, 2.24) is 0 Å². The number of anilines is 2. The molecule has 0 aliphatic rings. The monoisotopic (exact) mass is 310 g/mol. The summed E-state index contributed by atoms with van der Waals surface area (Å²) in [7, 11) is 0. The van der Waals surface area contributed by atoms with Crippen LogP contribution in [-0.2, 0) is 9.59 Å². The fourth-order valence-electron chi connectivity index (χ4n) is 2.00. The lowest BCUT2D eigenvalue weighted by Gasteiger charge is -2.12. The van der Waals surface area contributed by atoms with Crippen molar-refractivity contribution in [2.75, 3.05) is 10.6 Å². The molecule has 2 amide bonds. The maximum absolute atomic E-state index is 11.3. The summed E-state index contributed by atoms with van der Waals surface area (Å²) in [6.07, 6.45) is 0. The number of carbonyl (C=O) groups excluding carboxylic acids is 2. The third kappa shape index (κ3) is 4.74. The molecular formula is C17H18N4O2. The van der Waals surface area contributed by atoms with Crippen LogP contribution in [0.15, 0.2) is 52.7 Å². The van der Waals surface area contributed by atoms with Crippen LogP contribution in [-0.4, -0.2) is 11.8 Å². The number of benzene rings is 2. The van der Waals surface area contributed by atoms with Crippen molar-refractivity contribution in [1.29, 1.82) is 0 Å². The molecule has 0 aliphatic heterocycles. The molecule has 0 unspecified atom stereocenters. The van der Waals surface area contributed by atoms with Crippen LogP contribution < -0.4 is 10.6 Å². The molecule has 0 saturated carbocycles. The molecule has 118 valence electrons. The first kappa shape index (κ1) is 16.4. The van der Waals surface area contributed by atoms with Gasteiger partial charge in [0.2, 0.25) is 11.8 Å². The van der Waals surface area contributed by atoms with Crippen molar-refractivity contribution in [2.24, 2.45) is 10.2 Å². The minimum absolute atomic E-state index is 0.195. The number of azo groups is 1. The lowest BCUT2D eigenvalue weighted by atomic mass is 10.1. The predicted octanol–water partition coefficient (Wildman–Crippen LogP) is 4.33. The molecular weight excluding hydrogens is 292 g/mol. The molecule has 2 rings (SSSR count). The molecule has 2 aromatic rings. The molecule has 6 heteroatoms. The molecule has 0 fully saturated rings. The molecule has 0 radical (unpaired) electrons. The lowest BCUT2D eigenvalue weighted by molar-refractivity contribution is -0.115. The van der Waals surface area contributed by atoms with Gasteiger partial charge in [-0.05, 0) is 31.2 Å². The van der Waals surface area contributed by atoms with Crippen LogP contribution in [0.2, 0.25) is 0 Å². The first-order valence-electron chi connectivity index (χ1n) is 7.12. The largest absolute Gasteiger partial charge is 0.326 e. The van der Waals surface area contributed by atoms with Gasteiger partial charge in [-0.15, -0.1) is 0 Å². The Morgan fingerprint density at radius 1 is 0.913 bits per heavy atom. The van der Waals surface area contributed by atoms with E-state index in [9.17, 15) is 9.59 Å². The Bertz CT molecular complexity index is 755.